The molecule has 2 aliphatic heterocycles. The highest BCUT2D eigenvalue weighted by atomic mass is 32.2. The van der Waals surface area contributed by atoms with Crippen LogP contribution in [0.3, 0.4) is 0 Å². The summed E-state index contributed by atoms with van der Waals surface area (Å²) < 4.78 is 69.0. The van der Waals surface area contributed by atoms with E-state index in [1.807, 2.05) is 17.0 Å². The van der Waals surface area contributed by atoms with E-state index >= 15 is 0 Å². The molecule has 2 aliphatic rings. The average molecular weight is 457 g/mol. The molecule has 0 aliphatic carbocycles. The maximum absolute atomic E-state index is 13.0. The van der Waals surface area contributed by atoms with Crippen molar-refractivity contribution in [2.75, 3.05) is 49.1 Å². The standard InChI is InChI=1S/C19H22F3N5O3S/c20-19(21,22)30-15-5-1-2-6-16(15)31(28,29)27-13-11-26(12-14-27)18-8-7-17(23-24-18)25-9-3-4-10-25/h1-2,5-8H,3-4,9-14H2. The minimum atomic E-state index is -4.98. The molecule has 0 N–H and O–H groups in total. The van der Waals surface area contributed by atoms with E-state index < -0.39 is 27.0 Å². The van der Waals surface area contributed by atoms with Gasteiger partial charge in [-0.1, -0.05) is 12.1 Å². The van der Waals surface area contributed by atoms with Gasteiger partial charge in [-0.25, -0.2) is 8.42 Å². The molecule has 0 bridgehead atoms. The molecule has 2 saturated heterocycles. The summed E-state index contributed by atoms with van der Waals surface area (Å²) >= 11 is 0. The second-order valence-electron chi connectivity index (χ2n) is 7.33. The number of anilines is 2. The minimum Gasteiger partial charge on any atom is -0.404 e. The lowest BCUT2D eigenvalue weighted by Crippen LogP contribution is -2.49. The summed E-state index contributed by atoms with van der Waals surface area (Å²) in [5.74, 6) is 0.727. The monoisotopic (exact) mass is 457 g/mol. The zero-order valence-electron chi connectivity index (χ0n) is 16.6. The minimum absolute atomic E-state index is 0.109. The summed E-state index contributed by atoms with van der Waals surface area (Å²) in [7, 11) is -4.15. The predicted molar refractivity (Wildman–Crippen MR) is 108 cm³/mol. The largest absolute Gasteiger partial charge is 0.573 e. The third-order valence-corrected chi connectivity index (χ3v) is 7.26. The first-order chi connectivity index (χ1) is 14.7. The summed E-state index contributed by atoms with van der Waals surface area (Å²) in [6.07, 6.45) is -2.71. The number of para-hydroxylation sites is 1. The molecule has 1 aromatic heterocycles. The number of alkyl halides is 3. The lowest BCUT2D eigenvalue weighted by Gasteiger charge is -2.34. The number of nitrogens with zero attached hydrogens (tertiary/aromatic N) is 5. The van der Waals surface area contributed by atoms with Crippen LogP contribution in [0.1, 0.15) is 12.8 Å². The molecule has 31 heavy (non-hydrogen) atoms. The second-order valence-corrected chi connectivity index (χ2v) is 9.24. The normalized spacial score (nSPS) is 18.4. The van der Waals surface area contributed by atoms with Gasteiger partial charge in [-0.05, 0) is 37.1 Å². The van der Waals surface area contributed by atoms with Gasteiger partial charge >= 0.3 is 6.36 Å². The van der Waals surface area contributed by atoms with Crippen LogP contribution in [-0.2, 0) is 10.0 Å². The van der Waals surface area contributed by atoms with E-state index in [2.05, 4.69) is 19.8 Å². The maximum Gasteiger partial charge on any atom is 0.573 e. The van der Waals surface area contributed by atoms with Crippen molar-refractivity contribution in [2.24, 2.45) is 0 Å². The Morgan fingerprint density at radius 1 is 0.806 bits per heavy atom. The van der Waals surface area contributed by atoms with Crippen LogP contribution in [0.2, 0.25) is 0 Å². The molecule has 8 nitrogen and oxygen atoms in total. The molecule has 0 unspecified atom stereocenters. The Balaban J connectivity index is 1.44. The highest BCUT2D eigenvalue weighted by Crippen LogP contribution is 2.32. The van der Waals surface area contributed by atoms with Crippen molar-refractivity contribution >= 4 is 21.7 Å². The summed E-state index contributed by atoms with van der Waals surface area (Å²) in [4.78, 5) is 3.57. The van der Waals surface area contributed by atoms with Gasteiger partial charge in [0.2, 0.25) is 10.0 Å². The fraction of sp³-hybridized carbons (Fsp3) is 0.474. The molecule has 1 aromatic carbocycles. The Morgan fingerprint density at radius 2 is 1.35 bits per heavy atom. The summed E-state index contributed by atoms with van der Waals surface area (Å²) in [5.41, 5.74) is 0. The molecule has 0 radical (unpaired) electrons. The number of benzene rings is 1. The second kappa shape index (κ2) is 8.50. The van der Waals surface area contributed by atoms with Crippen LogP contribution in [0.25, 0.3) is 0 Å². The molecule has 4 rings (SSSR count). The summed E-state index contributed by atoms with van der Waals surface area (Å²) in [5, 5.41) is 8.54. The van der Waals surface area contributed by atoms with Crippen molar-refractivity contribution in [3.8, 4) is 5.75 Å². The zero-order valence-corrected chi connectivity index (χ0v) is 17.4. The maximum atomic E-state index is 13.0. The van der Waals surface area contributed by atoms with E-state index in [4.69, 9.17) is 0 Å². The van der Waals surface area contributed by atoms with Crippen molar-refractivity contribution in [1.29, 1.82) is 0 Å². The van der Waals surface area contributed by atoms with Crippen molar-refractivity contribution in [2.45, 2.75) is 24.1 Å². The quantitative estimate of drug-likeness (QED) is 0.683. The fourth-order valence-electron chi connectivity index (χ4n) is 3.77. The number of rotatable bonds is 5. The van der Waals surface area contributed by atoms with Gasteiger partial charge in [-0.3, -0.25) is 0 Å². The summed E-state index contributed by atoms with van der Waals surface area (Å²) in [6.45, 7) is 2.84. The number of halogens is 3. The van der Waals surface area contributed by atoms with Crippen molar-refractivity contribution < 1.29 is 26.3 Å². The van der Waals surface area contributed by atoms with E-state index in [0.717, 1.165) is 48.2 Å². The van der Waals surface area contributed by atoms with Crippen LogP contribution in [-0.4, -0.2) is 68.6 Å². The molecule has 0 saturated carbocycles. The van der Waals surface area contributed by atoms with Crippen LogP contribution in [0.5, 0.6) is 5.75 Å². The molecule has 0 amide bonds. The Morgan fingerprint density at radius 3 is 1.90 bits per heavy atom. The van der Waals surface area contributed by atoms with Crippen LogP contribution in [0, 0.1) is 0 Å². The van der Waals surface area contributed by atoms with Gasteiger partial charge in [0.15, 0.2) is 11.6 Å². The Labute approximate surface area is 178 Å². The van der Waals surface area contributed by atoms with Crippen LogP contribution in [0.15, 0.2) is 41.3 Å². The third-order valence-electron chi connectivity index (χ3n) is 5.32. The lowest BCUT2D eigenvalue weighted by atomic mass is 10.3. The Bertz CT molecular complexity index is 1000. The molecular weight excluding hydrogens is 435 g/mol. The van der Waals surface area contributed by atoms with Gasteiger partial charge in [-0.15, -0.1) is 23.4 Å². The number of ether oxygens (including phenoxy) is 1. The molecule has 2 fully saturated rings. The van der Waals surface area contributed by atoms with E-state index in [0.29, 0.717) is 18.9 Å². The molecule has 0 spiro atoms. The number of sulfonamides is 1. The average Bonchev–Trinajstić information content (AvgIpc) is 3.28. The molecule has 168 valence electrons. The fourth-order valence-corrected chi connectivity index (χ4v) is 5.31. The van der Waals surface area contributed by atoms with Crippen molar-refractivity contribution in [1.82, 2.24) is 14.5 Å². The van der Waals surface area contributed by atoms with Crippen molar-refractivity contribution in [3.05, 3.63) is 36.4 Å². The van der Waals surface area contributed by atoms with E-state index in [1.54, 1.807) is 0 Å². The van der Waals surface area contributed by atoms with E-state index in [-0.39, 0.29) is 13.1 Å². The molecule has 2 aromatic rings. The zero-order chi connectivity index (χ0) is 22.1. The van der Waals surface area contributed by atoms with Crippen LogP contribution in [0.4, 0.5) is 24.8 Å². The highest BCUT2D eigenvalue weighted by Gasteiger charge is 2.36. The van der Waals surface area contributed by atoms with Gasteiger partial charge in [0, 0.05) is 39.3 Å². The highest BCUT2D eigenvalue weighted by molar-refractivity contribution is 7.89. The van der Waals surface area contributed by atoms with E-state index in [1.165, 1.54) is 12.1 Å². The first kappa shape index (κ1) is 21.6. The van der Waals surface area contributed by atoms with E-state index in [9.17, 15) is 21.6 Å². The van der Waals surface area contributed by atoms with Gasteiger partial charge < -0.3 is 14.5 Å². The predicted octanol–water partition coefficient (Wildman–Crippen LogP) is 2.49. The summed E-state index contributed by atoms with van der Waals surface area (Å²) in [6, 6.07) is 8.53. The molecule has 3 heterocycles. The Hall–Kier alpha value is -2.60. The topological polar surface area (TPSA) is 78.9 Å². The van der Waals surface area contributed by atoms with Crippen LogP contribution < -0.4 is 14.5 Å². The van der Waals surface area contributed by atoms with Crippen LogP contribution >= 0.6 is 0 Å². The first-order valence-electron chi connectivity index (χ1n) is 9.93. The Kier molecular flexibility index (Phi) is 5.93. The molecular formula is C19H22F3N5O3S. The number of piperazine rings is 1. The smallest absolute Gasteiger partial charge is 0.404 e. The molecule has 0 atom stereocenters. The first-order valence-corrected chi connectivity index (χ1v) is 11.4. The molecule has 12 heteroatoms. The number of aromatic nitrogens is 2. The van der Waals surface area contributed by atoms with Gasteiger partial charge in [-0.2, -0.15) is 4.31 Å². The third kappa shape index (κ3) is 4.85. The SMILES string of the molecule is O=S(=O)(c1ccccc1OC(F)(F)F)N1CCN(c2ccc(N3CCCC3)nn2)CC1. The number of hydrogen-bond donors (Lipinski definition) is 0. The van der Waals surface area contributed by atoms with Crippen molar-refractivity contribution in [3.63, 3.8) is 0 Å². The number of hydrogen-bond acceptors (Lipinski definition) is 7. The van der Waals surface area contributed by atoms with Gasteiger partial charge in [0.25, 0.3) is 0 Å². The van der Waals surface area contributed by atoms with Gasteiger partial charge in [0.1, 0.15) is 10.6 Å². The lowest BCUT2D eigenvalue weighted by molar-refractivity contribution is -0.275. The van der Waals surface area contributed by atoms with Gasteiger partial charge in [0.05, 0.1) is 0 Å².